The fourth-order valence-corrected chi connectivity index (χ4v) is 8.86. The number of aromatic nitrogens is 2. The van der Waals surface area contributed by atoms with Gasteiger partial charge >= 0.3 is 17.8 Å². The average Bonchev–Trinajstić information content (AvgIpc) is 3.45. The lowest BCUT2D eigenvalue weighted by Gasteiger charge is -2.44. The fourth-order valence-electron chi connectivity index (χ4n) is 6.27. The zero-order chi connectivity index (χ0) is 47.0. The van der Waals surface area contributed by atoms with Crippen molar-refractivity contribution in [2.24, 2.45) is 5.92 Å². The van der Waals surface area contributed by atoms with Gasteiger partial charge in [0.1, 0.15) is 48.7 Å². The molecular weight excluding hydrogens is 831 g/mol. The number of hydrogen-bond acceptors (Lipinski definition) is 12. The van der Waals surface area contributed by atoms with Gasteiger partial charge in [-0.1, -0.05) is 85.7 Å². The Labute approximate surface area is 369 Å². The van der Waals surface area contributed by atoms with Crippen molar-refractivity contribution in [3.8, 4) is 0 Å². The van der Waals surface area contributed by atoms with E-state index in [4.69, 9.17) is 23.1 Å². The monoisotopic (exact) mass is 906 g/mol. The minimum Gasteiger partial charge on any atom is -0.459 e. The van der Waals surface area contributed by atoms with Gasteiger partial charge in [0.2, 0.25) is 5.91 Å². The molecule has 62 heavy (non-hydrogen) atoms. The van der Waals surface area contributed by atoms with Gasteiger partial charge < -0.3 is 44.1 Å². The van der Waals surface area contributed by atoms with E-state index in [1.165, 1.54) is 16.8 Å². The Hall–Kier alpha value is -3.66. The smallest absolute Gasteiger partial charge is 0.408 e. The summed E-state index contributed by atoms with van der Waals surface area (Å²) >= 11 is 0. The zero-order valence-electron chi connectivity index (χ0n) is 39.7. The van der Waals surface area contributed by atoms with Gasteiger partial charge in [-0.05, 0) is 87.9 Å². The van der Waals surface area contributed by atoms with Crippen molar-refractivity contribution in [2.75, 3.05) is 13.1 Å². The van der Waals surface area contributed by atoms with E-state index in [2.05, 4.69) is 88.7 Å². The molecule has 0 radical (unpaired) electrons. The molecule has 0 aliphatic carbocycles. The second kappa shape index (κ2) is 21.3. The number of aliphatic hydroxyl groups excluding tert-OH is 1. The van der Waals surface area contributed by atoms with E-state index in [1.807, 2.05) is 44.2 Å². The van der Waals surface area contributed by atoms with Crippen LogP contribution in [0.1, 0.15) is 101 Å². The number of carbonyl (C=O) groups excluding carboxylic acids is 3. The molecule has 0 bridgehead atoms. The molecule has 1 aliphatic rings. The summed E-state index contributed by atoms with van der Waals surface area (Å²) in [5.74, 6) is -1.04. The number of alkyl carbamates (subject to hydrolysis) is 1. The second-order valence-electron chi connectivity index (χ2n) is 20.7. The Kier molecular flexibility index (Phi) is 18.1. The molecule has 2 unspecified atom stereocenters. The second-order valence-corrected chi connectivity index (χ2v) is 30.2. The largest absolute Gasteiger partial charge is 0.459 e. The van der Waals surface area contributed by atoms with Crippen LogP contribution < -0.4 is 27.2 Å². The molecule has 2 amide bonds. The van der Waals surface area contributed by atoms with Gasteiger partial charge in [0.15, 0.2) is 22.9 Å². The first kappa shape index (κ1) is 52.7. The number of nitrogens with one attached hydrogen (secondary N) is 4. The van der Waals surface area contributed by atoms with Crippen LogP contribution in [0.3, 0.4) is 0 Å². The molecule has 2 aromatic rings. The van der Waals surface area contributed by atoms with Crippen molar-refractivity contribution in [1.82, 2.24) is 25.5 Å². The Bertz CT molecular complexity index is 1900. The van der Waals surface area contributed by atoms with E-state index in [-0.39, 0.29) is 41.6 Å². The number of H-pyrrole nitrogens is 1. The standard InChI is InChI=1S/C44H75N5O11Si2/c1-28(2)26-30(47-41(55)56-27-29-20-17-16-18-21-29)37(52)46-24-19-23-45-32(39(53)58-42(3,4)5)33(51)34-35(59-61(12,13)43(6,7)8)36(60-62(14,15)44(9,10)11)38(57-34)49-25-22-31(50)48-40(49)54/h16-18,20-22,25,28,30,32-36,38,45,51H,19,23-24,26-27H2,1-15H3,(H,46,52)(H,47,55)(H,48,50,54)/t30-,32+,33-,34+,35?,36?,38+/m0/s1. The van der Waals surface area contributed by atoms with Gasteiger partial charge in [-0.15, -0.1) is 0 Å². The molecule has 16 nitrogen and oxygen atoms in total. The van der Waals surface area contributed by atoms with Crippen molar-refractivity contribution in [2.45, 2.75) is 180 Å². The molecule has 7 atom stereocenters. The van der Waals surface area contributed by atoms with Crippen molar-refractivity contribution in [3.05, 3.63) is 69.0 Å². The van der Waals surface area contributed by atoms with Crippen LogP contribution in [0.5, 0.6) is 0 Å². The highest BCUT2D eigenvalue weighted by Crippen LogP contribution is 2.46. The van der Waals surface area contributed by atoms with Crippen LogP contribution in [-0.4, -0.2) is 104 Å². The predicted octanol–water partition coefficient (Wildman–Crippen LogP) is 5.72. The summed E-state index contributed by atoms with van der Waals surface area (Å²) in [6.45, 7) is 30.2. The summed E-state index contributed by atoms with van der Waals surface area (Å²) < 4.78 is 33.2. The molecule has 1 saturated heterocycles. The maximum Gasteiger partial charge on any atom is 0.408 e. The molecule has 1 fully saturated rings. The highest BCUT2D eigenvalue weighted by atomic mass is 28.4. The van der Waals surface area contributed by atoms with Gasteiger partial charge in [0, 0.05) is 18.8 Å². The number of benzene rings is 1. The maximum atomic E-state index is 14.0. The Morgan fingerprint density at radius 2 is 1.45 bits per heavy atom. The van der Waals surface area contributed by atoms with Crippen molar-refractivity contribution in [1.29, 1.82) is 0 Å². The molecule has 1 aromatic carbocycles. The number of ether oxygens (including phenoxy) is 3. The Morgan fingerprint density at radius 3 is 1.98 bits per heavy atom. The van der Waals surface area contributed by atoms with E-state index >= 15 is 0 Å². The zero-order valence-corrected chi connectivity index (χ0v) is 41.7. The number of amides is 2. The molecule has 0 saturated carbocycles. The molecule has 0 spiro atoms. The number of hydrogen-bond donors (Lipinski definition) is 5. The third-order valence-electron chi connectivity index (χ3n) is 11.7. The van der Waals surface area contributed by atoms with Crippen LogP contribution in [0.4, 0.5) is 4.79 Å². The third kappa shape index (κ3) is 15.0. The predicted molar refractivity (Wildman–Crippen MR) is 244 cm³/mol. The van der Waals surface area contributed by atoms with E-state index < -0.39 is 88.3 Å². The van der Waals surface area contributed by atoms with Crippen LogP contribution >= 0.6 is 0 Å². The van der Waals surface area contributed by atoms with Crippen LogP contribution in [0.15, 0.2) is 52.2 Å². The minimum atomic E-state index is -2.68. The first-order chi connectivity index (χ1) is 28.4. The van der Waals surface area contributed by atoms with Crippen LogP contribution in [0.25, 0.3) is 0 Å². The summed E-state index contributed by atoms with van der Waals surface area (Å²) in [5.41, 5.74) is -1.42. The number of rotatable bonds is 19. The SMILES string of the molecule is CC(C)C[C@H](NC(=O)OCc1ccccc1)C(=O)NCCCN[C@@H](C(=O)OC(C)(C)C)[C@H](O)[C@H]1O[C@@H](n2ccc(=O)[nH]c2=O)C(O[Si](C)(C)C(C)(C)C)C1O[Si](C)(C)C(C)(C)C. The Balaban J connectivity index is 1.92. The van der Waals surface area contributed by atoms with Gasteiger partial charge in [-0.25, -0.2) is 9.59 Å². The summed E-state index contributed by atoms with van der Waals surface area (Å²) in [7, 11) is -5.33. The number of carbonyl (C=O) groups is 3. The Morgan fingerprint density at radius 1 is 0.871 bits per heavy atom. The number of nitrogens with zero attached hydrogens (tertiary/aromatic N) is 1. The molecule has 1 aromatic heterocycles. The van der Waals surface area contributed by atoms with Crippen molar-refractivity contribution < 1.29 is 42.6 Å². The van der Waals surface area contributed by atoms with Gasteiger partial charge in [-0.2, -0.15) is 0 Å². The molecule has 2 heterocycles. The highest BCUT2D eigenvalue weighted by Gasteiger charge is 2.57. The van der Waals surface area contributed by atoms with E-state index in [9.17, 15) is 29.1 Å². The van der Waals surface area contributed by atoms with E-state index in [0.29, 0.717) is 12.8 Å². The molecule has 1 aliphatic heterocycles. The van der Waals surface area contributed by atoms with Gasteiger partial charge in [-0.3, -0.25) is 23.9 Å². The van der Waals surface area contributed by atoms with Crippen LogP contribution in [0.2, 0.25) is 36.3 Å². The lowest BCUT2D eigenvalue weighted by atomic mass is 9.99. The van der Waals surface area contributed by atoms with Crippen LogP contribution in [-0.2, 0) is 39.3 Å². The minimum absolute atomic E-state index is 0.0602. The quantitative estimate of drug-likeness (QED) is 0.0652. The lowest BCUT2D eigenvalue weighted by Crippen LogP contribution is -2.59. The van der Waals surface area contributed by atoms with Crippen molar-refractivity contribution in [3.63, 3.8) is 0 Å². The van der Waals surface area contributed by atoms with Gasteiger partial charge in [0.25, 0.3) is 5.56 Å². The average molecular weight is 906 g/mol. The third-order valence-corrected chi connectivity index (χ3v) is 20.7. The fraction of sp³-hybridized carbons (Fsp3) is 0.705. The maximum absolute atomic E-state index is 14.0. The summed E-state index contributed by atoms with van der Waals surface area (Å²) in [5, 5.41) is 20.6. The highest BCUT2D eigenvalue weighted by molar-refractivity contribution is 6.74. The molecular formula is C44H75N5O11Si2. The molecule has 3 rings (SSSR count). The number of aliphatic hydroxyl groups is 1. The first-order valence-electron chi connectivity index (χ1n) is 21.7. The van der Waals surface area contributed by atoms with Crippen molar-refractivity contribution >= 4 is 34.6 Å². The van der Waals surface area contributed by atoms with E-state index in [1.54, 1.807) is 20.8 Å². The normalized spacial score (nSPS) is 20.3. The summed E-state index contributed by atoms with van der Waals surface area (Å²) in [6.07, 6.45) is -4.55. The molecule has 18 heteroatoms. The molecule has 350 valence electrons. The van der Waals surface area contributed by atoms with Crippen LogP contribution in [0, 0.1) is 5.92 Å². The van der Waals surface area contributed by atoms with Gasteiger partial charge in [0.05, 0.1) is 0 Å². The van der Waals surface area contributed by atoms with E-state index in [0.717, 1.165) is 5.56 Å². The summed E-state index contributed by atoms with van der Waals surface area (Å²) in [4.78, 5) is 67.9. The lowest BCUT2D eigenvalue weighted by molar-refractivity contribution is -0.166. The number of esters is 1. The summed E-state index contributed by atoms with van der Waals surface area (Å²) in [6, 6.07) is 8.25. The number of aromatic amines is 1. The molecule has 5 N–H and O–H groups in total. The first-order valence-corrected chi connectivity index (χ1v) is 27.5. The topological polar surface area (TPSA) is 209 Å².